The predicted octanol–water partition coefficient (Wildman–Crippen LogP) is 2.34. The molecule has 0 fully saturated rings. The molecule has 2 heterocycles. The molecule has 9 heteroatoms. The molecule has 1 amide bonds. The summed E-state index contributed by atoms with van der Waals surface area (Å²) < 4.78 is 23.0. The Kier molecular flexibility index (Phi) is 5.58. The minimum Gasteiger partial charge on any atom is -0.482 e. The van der Waals surface area contributed by atoms with E-state index >= 15 is 4.39 Å². The van der Waals surface area contributed by atoms with Crippen LogP contribution in [-0.2, 0) is 18.6 Å². The highest BCUT2D eigenvalue weighted by Crippen LogP contribution is 2.55. The molecule has 7 rings (SSSR count). The fraction of sp³-hybridized carbons (Fsp3) is 0.188. The van der Waals surface area contributed by atoms with Crippen molar-refractivity contribution in [3.05, 3.63) is 128 Å². The zero-order chi connectivity index (χ0) is 28.6. The van der Waals surface area contributed by atoms with Crippen molar-refractivity contribution in [1.29, 1.82) is 0 Å². The molecule has 1 unspecified atom stereocenters. The van der Waals surface area contributed by atoms with Crippen molar-refractivity contribution in [2.24, 2.45) is 0 Å². The van der Waals surface area contributed by atoms with Gasteiger partial charge in [0.1, 0.15) is 40.3 Å². The van der Waals surface area contributed by atoms with Crippen LogP contribution in [0.4, 0.5) is 4.39 Å². The molecule has 0 spiro atoms. The molecule has 3 aliphatic rings. The van der Waals surface area contributed by atoms with Crippen LogP contribution < -0.4 is 26.1 Å². The summed E-state index contributed by atoms with van der Waals surface area (Å²) in [5, 5.41) is 1.99. The Labute approximate surface area is 239 Å². The molecule has 198 valence electrons. The molecule has 1 atom stereocenters. The lowest BCUT2D eigenvalue weighted by molar-refractivity contribution is 0.0712. The first-order valence-electron chi connectivity index (χ1n) is 13.4. The Balaban J connectivity index is 1.48. The minimum atomic E-state index is -1.00. The summed E-state index contributed by atoms with van der Waals surface area (Å²) in [6.45, 7) is 2.02. The number of hydrogen-bond donors (Lipinski definition) is 0. The van der Waals surface area contributed by atoms with Crippen LogP contribution in [0.3, 0.4) is 0 Å². The van der Waals surface area contributed by atoms with E-state index in [9.17, 15) is 9.59 Å². The molecule has 41 heavy (non-hydrogen) atoms. The standard InChI is InChI=1S/C32H24B2FN3O3/c1-18-10-20-11-22-12-21-13-25(33)26(34)14-23(21)32(22,24(20)15-27(18)35)38-17-36(2)31(40)29-30(28(39)8-9-37(29)38)41-16-19-6-4-3-5-7-19/h3-10,12-15H,11,16-17H2,1-2H3. The first-order chi connectivity index (χ1) is 19.7. The quantitative estimate of drug-likeness (QED) is 0.374. The number of aromatic nitrogens is 1. The van der Waals surface area contributed by atoms with Crippen LogP contribution in [0.25, 0.3) is 6.08 Å². The fourth-order valence-electron chi connectivity index (χ4n) is 6.48. The average Bonchev–Trinajstić information content (AvgIpc) is 3.41. The predicted molar refractivity (Wildman–Crippen MR) is 157 cm³/mol. The highest BCUT2D eigenvalue weighted by Gasteiger charge is 2.55. The lowest BCUT2D eigenvalue weighted by Crippen LogP contribution is -2.61. The van der Waals surface area contributed by atoms with E-state index in [1.165, 1.54) is 11.0 Å². The number of fused-ring (bicyclic) bond motifs is 6. The number of nitrogens with zero attached hydrogens (tertiary/aromatic N) is 3. The van der Waals surface area contributed by atoms with Gasteiger partial charge in [0.05, 0.1) is 0 Å². The van der Waals surface area contributed by atoms with Crippen LogP contribution >= 0.6 is 0 Å². The number of aryl methyl sites for hydroxylation is 1. The number of benzene rings is 3. The normalized spacial score (nSPS) is 18.5. The number of hydrogen-bond acceptors (Lipinski definition) is 4. The SMILES string of the molecule is [B]c1cc2c(cc1[B])C1(N3CN(C)C(=O)c4c(OCc5ccccc5)c(=O)ccn43)C(=C2)Cc2cc(C)c(F)cc21. The van der Waals surface area contributed by atoms with Crippen LogP contribution in [-0.4, -0.2) is 44.9 Å². The number of pyridine rings is 1. The summed E-state index contributed by atoms with van der Waals surface area (Å²) in [6, 6.07) is 18.0. The Hall–Kier alpha value is -4.52. The fourth-order valence-corrected chi connectivity index (χ4v) is 6.48. The smallest absolute Gasteiger partial charge is 0.277 e. The van der Waals surface area contributed by atoms with Gasteiger partial charge in [0.25, 0.3) is 5.91 Å². The van der Waals surface area contributed by atoms with Crippen molar-refractivity contribution in [3.8, 4) is 5.75 Å². The van der Waals surface area contributed by atoms with Gasteiger partial charge in [0.15, 0.2) is 11.4 Å². The third-order valence-electron chi connectivity index (χ3n) is 8.40. The third kappa shape index (κ3) is 3.57. The van der Waals surface area contributed by atoms with Gasteiger partial charge in [-0.2, -0.15) is 0 Å². The number of amides is 1. The summed E-state index contributed by atoms with van der Waals surface area (Å²) in [6.07, 6.45) is 4.24. The van der Waals surface area contributed by atoms with Gasteiger partial charge in [-0.1, -0.05) is 54.6 Å². The molecule has 1 aliphatic heterocycles. The number of carbonyl (C=O) groups excluding carboxylic acids is 1. The van der Waals surface area contributed by atoms with E-state index in [2.05, 4.69) is 6.08 Å². The van der Waals surface area contributed by atoms with Gasteiger partial charge >= 0.3 is 0 Å². The second-order valence-electron chi connectivity index (χ2n) is 10.9. The molecule has 0 saturated carbocycles. The summed E-state index contributed by atoms with van der Waals surface area (Å²) in [5.41, 5.74) is 5.44. The van der Waals surface area contributed by atoms with E-state index in [1.54, 1.807) is 30.9 Å². The average molecular weight is 539 g/mol. The van der Waals surface area contributed by atoms with Crippen LogP contribution in [0.5, 0.6) is 5.75 Å². The van der Waals surface area contributed by atoms with E-state index in [4.69, 9.17) is 20.4 Å². The van der Waals surface area contributed by atoms with E-state index in [-0.39, 0.29) is 36.4 Å². The molecule has 2 aliphatic carbocycles. The van der Waals surface area contributed by atoms with E-state index in [1.807, 2.05) is 53.5 Å². The highest BCUT2D eigenvalue weighted by molar-refractivity contribution is 6.48. The van der Waals surface area contributed by atoms with Gasteiger partial charge in [-0.15, -0.1) is 10.9 Å². The van der Waals surface area contributed by atoms with Crippen molar-refractivity contribution in [2.75, 3.05) is 18.7 Å². The molecule has 6 nitrogen and oxygen atoms in total. The van der Waals surface area contributed by atoms with Gasteiger partial charge in [-0.3, -0.25) is 19.3 Å². The van der Waals surface area contributed by atoms with Crippen LogP contribution in [0.1, 0.15) is 43.9 Å². The van der Waals surface area contributed by atoms with E-state index < -0.39 is 11.0 Å². The summed E-state index contributed by atoms with van der Waals surface area (Å²) >= 11 is 0. The van der Waals surface area contributed by atoms with Crippen LogP contribution in [0, 0.1) is 12.7 Å². The lowest BCUT2D eigenvalue weighted by Gasteiger charge is -2.49. The largest absolute Gasteiger partial charge is 0.482 e. The molecule has 3 aromatic carbocycles. The zero-order valence-corrected chi connectivity index (χ0v) is 22.6. The summed E-state index contributed by atoms with van der Waals surface area (Å²) in [4.78, 5) is 28.4. The Morgan fingerprint density at radius 3 is 2.54 bits per heavy atom. The Bertz CT molecular complexity index is 1870. The zero-order valence-electron chi connectivity index (χ0n) is 22.6. The highest BCUT2D eigenvalue weighted by atomic mass is 19.1. The van der Waals surface area contributed by atoms with E-state index in [0.29, 0.717) is 22.9 Å². The summed E-state index contributed by atoms with van der Waals surface area (Å²) in [7, 11) is 14.2. The van der Waals surface area contributed by atoms with Gasteiger partial charge in [0.2, 0.25) is 5.43 Å². The van der Waals surface area contributed by atoms with Crippen molar-refractivity contribution in [3.63, 3.8) is 0 Å². The van der Waals surface area contributed by atoms with Crippen LogP contribution in [0.15, 0.2) is 77.2 Å². The van der Waals surface area contributed by atoms with Crippen molar-refractivity contribution in [2.45, 2.75) is 25.5 Å². The first-order valence-corrected chi connectivity index (χ1v) is 13.4. The maximum atomic E-state index is 15.3. The topological polar surface area (TPSA) is 54.8 Å². The molecule has 1 aromatic heterocycles. The Morgan fingerprint density at radius 2 is 1.76 bits per heavy atom. The Morgan fingerprint density at radius 1 is 1.00 bits per heavy atom. The molecule has 4 radical (unpaired) electrons. The molecular formula is C32H24B2FN3O3. The van der Waals surface area contributed by atoms with Crippen LogP contribution in [0.2, 0.25) is 0 Å². The minimum absolute atomic E-state index is 0.0387. The first kappa shape index (κ1) is 25.4. The number of ether oxygens (including phenoxy) is 1. The van der Waals surface area contributed by atoms with Crippen molar-refractivity contribution >= 4 is 38.6 Å². The monoisotopic (exact) mass is 539 g/mol. The molecule has 0 N–H and O–H groups in total. The van der Waals surface area contributed by atoms with Gasteiger partial charge in [-0.25, -0.2) is 4.39 Å². The number of carbonyl (C=O) groups is 1. The molecule has 0 bridgehead atoms. The van der Waals surface area contributed by atoms with Gasteiger partial charge in [-0.05, 0) is 58.4 Å². The molecule has 0 saturated heterocycles. The second-order valence-corrected chi connectivity index (χ2v) is 10.9. The second kappa shape index (κ2) is 8.99. The number of rotatable bonds is 4. The summed E-state index contributed by atoms with van der Waals surface area (Å²) in [5.74, 6) is -0.717. The van der Waals surface area contributed by atoms with Crippen molar-refractivity contribution < 1.29 is 13.9 Å². The molecule has 4 aromatic rings. The maximum absolute atomic E-state index is 15.3. The maximum Gasteiger partial charge on any atom is 0.277 e. The van der Waals surface area contributed by atoms with Crippen molar-refractivity contribution in [1.82, 2.24) is 9.58 Å². The van der Waals surface area contributed by atoms with E-state index in [0.717, 1.165) is 33.4 Å². The van der Waals surface area contributed by atoms with Gasteiger partial charge in [0, 0.05) is 19.3 Å². The van der Waals surface area contributed by atoms with Gasteiger partial charge < -0.3 is 9.64 Å². The molecular weight excluding hydrogens is 515 g/mol. The lowest BCUT2D eigenvalue weighted by atomic mass is 9.75. The third-order valence-corrected chi connectivity index (χ3v) is 8.40. The number of halogens is 1.